The maximum Gasteiger partial charge on any atom is 0.137 e. The highest BCUT2D eigenvalue weighted by Crippen LogP contribution is 2.29. The lowest BCUT2D eigenvalue weighted by molar-refractivity contribution is 0.190. The molecule has 5 nitrogen and oxygen atoms in total. The van der Waals surface area contributed by atoms with E-state index < -0.39 is 0 Å². The van der Waals surface area contributed by atoms with Gasteiger partial charge >= 0.3 is 0 Å². The summed E-state index contributed by atoms with van der Waals surface area (Å²) in [6, 6.07) is 4.49. The van der Waals surface area contributed by atoms with Crippen LogP contribution in [-0.2, 0) is 26.1 Å². The molecule has 0 aromatic carbocycles. The summed E-state index contributed by atoms with van der Waals surface area (Å²) >= 11 is 0. The van der Waals surface area contributed by atoms with Crippen molar-refractivity contribution in [3.63, 3.8) is 0 Å². The molecule has 2 aliphatic heterocycles. The van der Waals surface area contributed by atoms with Gasteiger partial charge in [0.25, 0.3) is 0 Å². The predicted octanol–water partition coefficient (Wildman–Crippen LogP) is 3.45. The number of aromatic nitrogens is 4. The van der Waals surface area contributed by atoms with E-state index in [1.807, 2.05) is 0 Å². The summed E-state index contributed by atoms with van der Waals surface area (Å²) in [5, 5.41) is 8.96. The Bertz CT molecular complexity index is 699. The molecule has 2 aliphatic rings. The van der Waals surface area contributed by atoms with Crippen molar-refractivity contribution in [3.8, 4) is 0 Å². The second-order valence-electron chi connectivity index (χ2n) is 8.18. The molecular formula is C20H31N5. The van der Waals surface area contributed by atoms with E-state index in [-0.39, 0.29) is 0 Å². The Kier molecular flexibility index (Phi) is 4.93. The van der Waals surface area contributed by atoms with E-state index in [0.29, 0.717) is 5.92 Å². The zero-order valence-corrected chi connectivity index (χ0v) is 15.7. The average Bonchev–Trinajstić information content (AvgIpc) is 3.30. The molecule has 0 amide bonds. The number of nitrogens with zero attached hydrogens (tertiary/aromatic N) is 5. The van der Waals surface area contributed by atoms with Gasteiger partial charge in [0, 0.05) is 50.4 Å². The van der Waals surface area contributed by atoms with Gasteiger partial charge in [0.2, 0.25) is 0 Å². The normalized spacial score (nSPS) is 21.2. The summed E-state index contributed by atoms with van der Waals surface area (Å²) in [6.07, 6.45) is 8.34. The van der Waals surface area contributed by atoms with Crippen LogP contribution in [0.4, 0.5) is 0 Å². The number of hydrogen-bond acceptors (Lipinski definition) is 3. The van der Waals surface area contributed by atoms with Gasteiger partial charge in [0.05, 0.1) is 0 Å². The first-order valence-electron chi connectivity index (χ1n) is 9.99. The van der Waals surface area contributed by atoms with Crippen LogP contribution in [0, 0.1) is 5.92 Å². The monoisotopic (exact) mass is 341 g/mol. The molecule has 0 bridgehead atoms. The molecular weight excluding hydrogens is 310 g/mol. The lowest BCUT2D eigenvalue weighted by Crippen LogP contribution is -2.35. The van der Waals surface area contributed by atoms with Crippen molar-refractivity contribution in [1.29, 1.82) is 0 Å². The maximum atomic E-state index is 4.54. The van der Waals surface area contributed by atoms with E-state index in [1.165, 1.54) is 49.6 Å². The largest absolute Gasteiger partial charge is 0.350 e. The topological polar surface area (TPSA) is 38.9 Å². The highest BCUT2D eigenvalue weighted by atomic mass is 15.3. The van der Waals surface area contributed by atoms with Gasteiger partial charge in [0.15, 0.2) is 0 Å². The quantitative estimate of drug-likeness (QED) is 0.808. The predicted molar refractivity (Wildman–Crippen MR) is 99.5 cm³/mol. The van der Waals surface area contributed by atoms with E-state index in [0.717, 1.165) is 38.5 Å². The van der Waals surface area contributed by atoms with Crippen LogP contribution in [0.1, 0.15) is 62.8 Å². The Morgan fingerprint density at radius 2 is 2.12 bits per heavy atom. The van der Waals surface area contributed by atoms with Crippen molar-refractivity contribution in [2.75, 3.05) is 13.1 Å². The first-order chi connectivity index (χ1) is 12.2. The molecule has 25 heavy (non-hydrogen) atoms. The van der Waals surface area contributed by atoms with E-state index in [2.05, 4.69) is 56.4 Å². The summed E-state index contributed by atoms with van der Waals surface area (Å²) in [6.45, 7) is 10.2. The molecule has 1 saturated heterocycles. The molecule has 0 radical (unpaired) electrons. The fourth-order valence-corrected chi connectivity index (χ4v) is 4.32. The summed E-state index contributed by atoms with van der Waals surface area (Å²) in [5.74, 6) is 3.75. The Morgan fingerprint density at radius 3 is 3.00 bits per heavy atom. The van der Waals surface area contributed by atoms with Crippen LogP contribution in [0.15, 0.2) is 18.3 Å². The van der Waals surface area contributed by atoms with Gasteiger partial charge in [0.1, 0.15) is 11.6 Å². The minimum absolute atomic E-state index is 0.548. The smallest absolute Gasteiger partial charge is 0.137 e. The summed E-state index contributed by atoms with van der Waals surface area (Å²) in [7, 11) is 0. The van der Waals surface area contributed by atoms with Gasteiger partial charge in [-0.15, -0.1) is 10.2 Å². The van der Waals surface area contributed by atoms with Crippen molar-refractivity contribution >= 4 is 0 Å². The Morgan fingerprint density at radius 1 is 1.20 bits per heavy atom. The Balaban J connectivity index is 1.41. The molecule has 4 rings (SSSR count). The molecule has 0 N–H and O–H groups in total. The molecule has 4 heterocycles. The van der Waals surface area contributed by atoms with Gasteiger partial charge in [-0.1, -0.05) is 13.8 Å². The highest BCUT2D eigenvalue weighted by molar-refractivity contribution is 5.10. The zero-order valence-electron chi connectivity index (χ0n) is 15.7. The van der Waals surface area contributed by atoms with Crippen molar-refractivity contribution in [2.45, 2.75) is 71.5 Å². The Hall–Kier alpha value is -1.62. The summed E-state index contributed by atoms with van der Waals surface area (Å²) in [5.41, 5.74) is 1.45. The molecule has 0 saturated carbocycles. The molecule has 2 aromatic heterocycles. The van der Waals surface area contributed by atoms with Gasteiger partial charge in [-0.2, -0.15) is 0 Å². The van der Waals surface area contributed by atoms with Crippen molar-refractivity contribution < 1.29 is 0 Å². The summed E-state index contributed by atoms with van der Waals surface area (Å²) in [4.78, 5) is 2.62. The number of rotatable bonds is 6. The van der Waals surface area contributed by atoms with Crippen LogP contribution < -0.4 is 0 Å². The molecule has 1 atom stereocenters. The number of likely N-dealkylation sites (tertiary alicyclic amines) is 1. The SMILES string of the molecule is CC(C)CCn1cccc1CN1CCCC(c2nnc3n2CCC3)C1. The third kappa shape index (κ3) is 3.66. The van der Waals surface area contributed by atoms with Gasteiger partial charge < -0.3 is 9.13 Å². The second kappa shape index (κ2) is 7.32. The van der Waals surface area contributed by atoms with Crippen molar-refractivity contribution in [3.05, 3.63) is 35.7 Å². The molecule has 0 aliphatic carbocycles. The summed E-state index contributed by atoms with van der Waals surface area (Å²) < 4.78 is 4.83. The van der Waals surface area contributed by atoms with Gasteiger partial charge in [-0.05, 0) is 50.3 Å². The van der Waals surface area contributed by atoms with Crippen LogP contribution >= 0.6 is 0 Å². The fraction of sp³-hybridized carbons (Fsp3) is 0.700. The zero-order chi connectivity index (χ0) is 17.2. The van der Waals surface area contributed by atoms with Gasteiger partial charge in [-0.3, -0.25) is 4.90 Å². The van der Waals surface area contributed by atoms with Crippen LogP contribution in [0.5, 0.6) is 0 Å². The number of aryl methyl sites for hydroxylation is 2. The molecule has 2 aromatic rings. The Labute approximate surface area is 151 Å². The maximum absolute atomic E-state index is 4.54. The molecule has 0 spiro atoms. The van der Waals surface area contributed by atoms with E-state index in [4.69, 9.17) is 0 Å². The third-order valence-electron chi connectivity index (χ3n) is 5.77. The molecule has 136 valence electrons. The van der Waals surface area contributed by atoms with Crippen LogP contribution in [0.3, 0.4) is 0 Å². The van der Waals surface area contributed by atoms with Crippen molar-refractivity contribution in [2.24, 2.45) is 5.92 Å². The highest BCUT2D eigenvalue weighted by Gasteiger charge is 2.28. The van der Waals surface area contributed by atoms with Crippen LogP contribution in [-0.4, -0.2) is 37.3 Å². The molecule has 1 unspecified atom stereocenters. The number of fused-ring (bicyclic) bond motifs is 1. The van der Waals surface area contributed by atoms with Crippen LogP contribution in [0.25, 0.3) is 0 Å². The average molecular weight is 342 g/mol. The second-order valence-corrected chi connectivity index (χ2v) is 8.18. The third-order valence-corrected chi connectivity index (χ3v) is 5.77. The van der Waals surface area contributed by atoms with Crippen LogP contribution in [0.2, 0.25) is 0 Å². The lowest BCUT2D eigenvalue weighted by atomic mass is 9.97. The fourth-order valence-electron chi connectivity index (χ4n) is 4.32. The molecule has 5 heteroatoms. The van der Waals surface area contributed by atoms with Gasteiger partial charge in [-0.25, -0.2) is 0 Å². The lowest BCUT2D eigenvalue weighted by Gasteiger charge is -2.32. The van der Waals surface area contributed by atoms with Crippen molar-refractivity contribution in [1.82, 2.24) is 24.2 Å². The minimum atomic E-state index is 0.548. The minimum Gasteiger partial charge on any atom is -0.350 e. The first kappa shape index (κ1) is 16.8. The van der Waals surface area contributed by atoms with E-state index >= 15 is 0 Å². The van der Waals surface area contributed by atoms with E-state index in [1.54, 1.807) is 0 Å². The molecule has 1 fully saturated rings. The number of piperidine rings is 1. The standard InChI is InChI=1S/C20H31N5/c1-16(2)9-13-24-11-4-7-18(24)15-23-10-3-6-17(14-23)20-22-21-19-8-5-12-25(19)20/h4,7,11,16-17H,3,5-6,8-10,12-15H2,1-2H3. The first-order valence-corrected chi connectivity index (χ1v) is 9.99. The number of hydrogen-bond donors (Lipinski definition) is 0. The van der Waals surface area contributed by atoms with E-state index in [9.17, 15) is 0 Å².